The Labute approximate surface area is 177 Å². The molecule has 1 heterocycles. The van der Waals surface area contributed by atoms with E-state index in [1.165, 1.54) is 0 Å². The molecule has 0 N–H and O–H groups in total. The van der Waals surface area contributed by atoms with Gasteiger partial charge in [0.25, 0.3) is 5.91 Å². The van der Waals surface area contributed by atoms with Crippen molar-refractivity contribution >= 4 is 27.5 Å². The van der Waals surface area contributed by atoms with E-state index in [1.54, 1.807) is 45.0 Å². The third kappa shape index (κ3) is 4.12. The molecule has 0 aliphatic carbocycles. The molecule has 0 radical (unpaired) electrons. The first kappa shape index (κ1) is 22.0. The molecule has 1 aliphatic heterocycles. The smallest absolute Gasteiger partial charge is 0.421 e. The van der Waals surface area contributed by atoms with Crippen molar-refractivity contribution in [3.8, 4) is 0 Å². The molecule has 2 aromatic carbocycles. The van der Waals surface area contributed by atoms with Gasteiger partial charge in [-0.15, -0.1) is 0 Å². The molecule has 2 aromatic rings. The molecule has 0 aromatic heterocycles. The maximum atomic E-state index is 13.8. The molecule has 160 valence electrons. The summed E-state index contributed by atoms with van der Waals surface area (Å²) in [4.78, 5) is 27.9. The first-order valence-electron chi connectivity index (χ1n) is 9.77. The minimum absolute atomic E-state index is 0.0318. The van der Waals surface area contributed by atoms with E-state index >= 15 is 0 Å². The second-order valence-electron chi connectivity index (χ2n) is 8.79. The summed E-state index contributed by atoms with van der Waals surface area (Å²) in [5.74, 6) is -0.686. The molecular weight excluding hydrogens is 402 g/mol. The first-order chi connectivity index (χ1) is 13.8. The number of aryl methyl sites for hydroxylation is 1. The average molecular weight is 430 g/mol. The van der Waals surface area contributed by atoms with Crippen molar-refractivity contribution in [2.45, 2.75) is 45.1 Å². The number of carbonyl (C=O) groups is 2. The summed E-state index contributed by atoms with van der Waals surface area (Å²) in [6, 6.07) is 14.4. The van der Waals surface area contributed by atoms with Crippen LogP contribution in [0.5, 0.6) is 0 Å². The summed E-state index contributed by atoms with van der Waals surface area (Å²) in [7, 11) is -3.35. The Kier molecular flexibility index (Phi) is 5.54. The number of hydrogen-bond acceptors (Lipinski definition) is 5. The topological polar surface area (TPSA) is 80.8 Å². The normalized spacial score (nSPS) is 19.0. The van der Waals surface area contributed by atoms with E-state index in [1.807, 2.05) is 31.2 Å². The Morgan fingerprint density at radius 1 is 1.07 bits per heavy atom. The number of benzene rings is 2. The summed E-state index contributed by atoms with van der Waals surface area (Å²) >= 11 is 0. The molecule has 0 saturated heterocycles. The fraction of sp³-hybridized carbons (Fsp3) is 0.391. The molecule has 0 bridgehead atoms. The van der Waals surface area contributed by atoms with E-state index < -0.39 is 32.9 Å². The number of hydrogen-bond donors (Lipinski definition) is 0. The predicted molar refractivity (Wildman–Crippen MR) is 116 cm³/mol. The van der Waals surface area contributed by atoms with Gasteiger partial charge in [0.1, 0.15) is 20.9 Å². The van der Waals surface area contributed by atoms with Crippen LogP contribution in [-0.2, 0) is 24.8 Å². The Bertz CT molecular complexity index is 1080. The highest BCUT2D eigenvalue weighted by atomic mass is 32.2. The molecule has 0 spiro atoms. The van der Waals surface area contributed by atoms with Gasteiger partial charge in [-0.25, -0.2) is 18.1 Å². The van der Waals surface area contributed by atoms with Gasteiger partial charge in [-0.05, 0) is 51.3 Å². The number of imide groups is 1. The third-order valence-corrected chi connectivity index (χ3v) is 6.09. The Balaban J connectivity index is 2.22. The fourth-order valence-electron chi connectivity index (χ4n) is 3.78. The number of para-hydroxylation sites is 1. The van der Waals surface area contributed by atoms with Crippen molar-refractivity contribution in [3.63, 3.8) is 0 Å². The molecule has 7 heteroatoms. The average Bonchev–Trinajstić information content (AvgIpc) is 2.87. The molecule has 1 unspecified atom stereocenters. The number of rotatable bonds is 4. The summed E-state index contributed by atoms with van der Waals surface area (Å²) in [6.45, 7) is 7.13. The molecule has 1 aliphatic rings. The number of carbonyl (C=O) groups excluding carboxylic acids is 2. The van der Waals surface area contributed by atoms with Gasteiger partial charge in [0.15, 0.2) is 0 Å². The zero-order valence-electron chi connectivity index (χ0n) is 17.9. The van der Waals surface area contributed by atoms with Crippen LogP contribution in [0.15, 0.2) is 48.5 Å². The van der Waals surface area contributed by atoms with Gasteiger partial charge in [-0.3, -0.25) is 4.79 Å². The van der Waals surface area contributed by atoms with Crippen LogP contribution in [0, 0.1) is 6.92 Å². The first-order valence-corrected chi connectivity index (χ1v) is 11.8. The zero-order valence-corrected chi connectivity index (χ0v) is 18.7. The summed E-state index contributed by atoms with van der Waals surface area (Å²) in [6.07, 6.45) is 0.407. The van der Waals surface area contributed by atoms with Crippen LogP contribution in [0.3, 0.4) is 0 Å². The Hall–Kier alpha value is -2.67. The standard InChI is InChI=1S/C23H27NO5S/c1-16-10-12-17(13-11-16)23(14-15-30(5,27)28)18-8-6-7-9-19(18)24(20(23)25)21(26)29-22(2,3)4/h6-13H,14-15H2,1-5H3. The van der Waals surface area contributed by atoms with Crippen molar-refractivity contribution in [1.29, 1.82) is 0 Å². The summed E-state index contributed by atoms with van der Waals surface area (Å²) < 4.78 is 29.5. The number of sulfone groups is 1. The molecular formula is C23H27NO5S. The molecule has 2 amide bonds. The highest BCUT2D eigenvalue weighted by molar-refractivity contribution is 7.90. The maximum Gasteiger partial charge on any atom is 0.421 e. The molecule has 30 heavy (non-hydrogen) atoms. The van der Waals surface area contributed by atoms with Crippen LogP contribution in [0.2, 0.25) is 0 Å². The van der Waals surface area contributed by atoms with E-state index in [0.29, 0.717) is 16.8 Å². The van der Waals surface area contributed by atoms with Gasteiger partial charge >= 0.3 is 6.09 Å². The summed E-state index contributed by atoms with van der Waals surface area (Å²) in [5.41, 5.74) is 0.623. The van der Waals surface area contributed by atoms with E-state index in [-0.39, 0.29) is 12.2 Å². The van der Waals surface area contributed by atoms with Gasteiger partial charge in [0.05, 0.1) is 11.4 Å². The molecule has 0 saturated carbocycles. The van der Waals surface area contributed by atoms with Crippen LogP contribution in [0.1, 0.15) is 43.9 Å². The van der Waals surface area contributed by atoms with Crippen LogP contribution in [-0.4, -0.2) is 38.0 Å². The lowest BCUT2D eigenvalue weighted by Gasteiger charge is -2.30. The number of nitrogens with zero attached hydrogens (tertiary/aromatic N) is 1. The minimum Gasteiger partial charge on any atom is -0.443 e. The van der Waals surface area contributed by atoms with Gasteiger partial charge in [0.2, 0.25) is 0 Å². The monoisotopic (exact) mass is 429 g/mol. The minimum atomic E-state index is -3.35. The Morgan fingerprint density at radius 2 is 1.67 bits per heavy atom. The van der Waals surface area contributed by atoms with Crippen LogP contribution < -0.4 is 4.90 Å². The number of fused-ring (bicyclic) bond motifs is 1. The fourth-order valence-corrected chi connectivity index (χ4v) is 4.45. The van der Waals surface area contributed by atoms with E-state index in [4.69, 9.17) is 4.74 Å². The van der Waals surface area contributed by atoms with Crippen molar-refractivity contribution in [2.75, 3.05) is 16.9 Å². The lowest BCUT2D eigenvalue weighted by Crippen LogP contribution is -2.46. The predicted octanol–water partition coefficient (Wildman–Crippen LogP) is 4.00. The Morgan fingerprint density at radius 3 is 2.23 bits per heavy atom. The second kappa shape index (κ2) is 7.54. The zero-order chi connectivity index (χ0) is 22.3. The third-order valence-electron chi connectivity index (χ3n) is 5.14. The van der Waals surface area contributed by atoms with Crippen LogP contribution in [0.25, 0.3) is 0 Å². The molecule has 6 nitrogen and oxygen atoms in total. The van der Waals surface area contributed by atoms with Gasteiger partial charge in [-0.2, -0.15) is 0 Å². The van der Waals surface area contributed by atoms with Gasteiger partial charge in [-0.1, -0.05) is 48.0 Å². The van der Waals surface area contributed by atoms with Gasteiger partial charge < -0.3 is 4.74 Å². The van der Waals surface area contributed by atoms with Crippen LogP contribution in [0.4, 0.5) is 10.5 Å². The number of amides is 2. The lowest BCUT2D eigenvalue weighted by molar-refractivity contribution is -0.121. The van der Waals surface area contributed by atoms with Crippen molar-refractivity contribution in [1.82, 2.24) is 0 Å². The SMILES string of the molecule is Cc1ccc(C2(CCS(C)(=O)=O)C(=O)N(C(=O)OC(C)(C)C)c3ccccc32)cc1. The van der Waals surface area contributed by atoms with Gasteiger partial charge in [0, 0.05) is 6.26 Å². The lowest BCUT2D eigenvalue weighted by atomic mass is 9.73. The number of anilines is 1. The van der Waals surface area contributed by atoms with Crippen molar-refractivity contribution in [3.05, 3.63) is 65.2 Å². The molecule has 1 atom stereocenters. The van der Waals surface area contributed by atoms with Crippen LogP contribution >= 0.6 is 0 Å². The highest BCUT2D eigenvalue weighted by Gasteiger charge is 2.54. The van der Waals surface area contributed by atoms with Crippen molar-refractivity contribution in [2.24, 2.45) is 0 Å². The molecule has 0 fully saturated rings. The quantitative estimate of drug-likeness (QED) is 0.734. The number of ether oxygens (including phenoxy) is 1. The highest BCUT2D eigenvalue weighted by Crippen LogP contribution is 2.49. The maximum absolute atomic E-state index is 13.8. The van der Waals surface area contributed by atoms with E-state index in [9.17, 15) is 18.0 Å². The largest absolute Gasteiger partial charge is 0.443 e. The second-order valence-corrected chi connectivity index (χ2v) is 11.0. The molecule has 3 rings (SSSR count). The summed E-state index contributed by atoms with van der Waals surface area (Å²) in [5, 5.41) is 0. The van der Waals surface area contributed by atoms with E-state index in [0.717, 1.165) is 16.7 Å². The van der Waals surface area contributed by atoms with Crippen molar-refractivity contribution < 1.29 is 22.7 Å². The van der Waals surface area contributed by atoms with E-state index in [2.05, 4.69) is 0 Å².